The van der Waals surface area contributed by atoms with Crippen molar-refractivity contribution in [3.63, 3.8) is 0 Å². The Morgan fingerprint density at radius 2 is 2.10 bits per heavy atom. The molecule has 1 N–H and O–H groups in total. The van der Waals surface area contributed by atoms with Gasteiger partial charge >= 0.3 is 0 Å². The van der Waals surface area contributed by atoms with Crippen molar-refractivity contribution in [2.45, 2.75) is 37.3 Å². The number of aromatic nitrogens is 1. The summed E-state index contributed by atoms with van der Waals surface area (Å²) in [5, 5.41) is 20.5. The summed E-state index contributed by atoms with van der Waals surface area (Å²) in [5.41, 5.74) is 2.24. The number of ether oxygens (including phenoxy) is 1. The van der Waals surface area contributed by atoms with Gasteiger partial charge in [0.2, 0.25) is 0 Å². The Bertz CT molecular complexity index is 780. The first kappa shape index (κ1) is 14.3. The van der Waals surface area contributed by atoms with Gasteiger partial charge in [0.15, 0.2) is 0 Å². The molecule has 0 radical (unpaired) electrons. The normalized spacial score (nSPS) is 23.2. The van der Waals surface area contributed by atoms with Crippen molar-refractivity contribution in [1.29, 1.82) is 5.26 Å². The second kappa shape index (κ2) is 4.69. The summed E-state index contributed by atoms with van der Waals surface area (Å²) in [6.45, 7) is 5.81. The first-order valence-electron chi connectivity index (χ1n) is 6.70. The van der Waals surface area contributed by atoms with Crippen molar-refractivity contribution in [1.82, 2.24) is 4.98 Å². The van der Waals surface area contributed by atoms with Gasteiger partial charge in [-0.3, -0.25) is 0 Å². The van der Waals surface area contributed by atoms with Crippen LogP contribution in [0.5, 0.6) is 5.75 Å². The number of aryl methyl sites for hydroxylation is 1. The van der Waals surface area contributed by atoms with Crippen LogP contribution < -0.4 is 4.74 Å². The molecule has 108 valence electrons. The highest BCUT2D eigenvalue weighted by atomic mass is 79.9. The monoisotopic (exact) mass is 346 g/mol. The minimum atomic E-state index is -0.680. The molecule has 0 spiro atoms. The highest BCUT2D eigenvalue weighted by Crippen LogP contribution is 2.44. The molecule has 2 unspecified atom stereocenters. The number of pyridine rings is 1. The smallest absolute Gasteiger partial charge is 0.141 e. The van der Waals surface area contributed by atoms with Crippen LogP contribution in [0.4, 0.5) is 0 Å². The summed E-state index contributed by atoms with van der Waals surface area (Å²) in [7, 11) is 0. The Balaban J connectivity index is 2.27. The van der Waals surface area contributed by atoms with E-state index >= 15 is 0 Å². The van der Waals surface area contributed by atoms with Crippen molar-refractivity contribution in [2.75, 3.05) is 0 Å². The fourth-order valence-corrected chi connectivity index (χ4v) is 3.07. The maximum atomic E-state index is 10.5. The van der Waals surface area contributed by atoms with E-state index < -0.39 is 11.7 Å². The molecule has 2 aromatic rings. The van der Waals surface area contributed by atoms with Gasteiger partial charge in [-0.2, -0.15) is 5.26 Å². The van der Waals surface area contributed by atoms with Gasteiger partial charge in [0.1, 0.15) is 23.1 Å². The van der Waals surface area contributed by atoms with Gasteiger partial charge < -0.3 is 9.84 Å². The van der Waals surface area contributed by atoms with Gasteiger partial charge in [-0.05, 0) is 44.5 Å². The first-order chi connectivity index (χ1) is 9.83. The summed E-state index contributed by atoms with van der Waals surface area (Å²) in [6, 6.07) is 7.53. The third-order valence-corrected chi connectivity index (χ3v) is 5.50. The Morgan fingerprint density at radius 3 is 2.76 bits per heavy atom. The fourth-order valence-electron chi connectivity index (χ4n) is 2.69. The lowest BCUT2D eigenvalue weighted by atomic mass is 9.90. The van der Waals surface area contributed by atoms with Gasteiger partial charge in [0.25, 0.3) is 0 Å². The molecule has 2 atom stereocenters. The van der Waals surface area contributed by atoms with Crippen molar-refractivity contribution >= 4 is 26.8 Å². The van der Waals surface area contributed by atoms with Crippen molar-refractivity contribution < 1.29 is 9.84 Å². The van der Waals surface area contributed by atoms with E-state index in [1.165, 1.54) is 0 Å². The second-order valence-electron chi connectivity index (χ2n) is 5.90. The number of hydrogen-bond donors (Lipinski definition) is 1. The molecule has 0 bridgehead atoms. The Kier molecular flexibility index (Phi) is 3.19. The zero-order valence-corrected chi connectivity index (χ0v) is 13.6. The lowest BCUT2D eigenvalue weighted by Crippen LogP contribution is -2.45. The number of fused-ring (bicyclic) bond motifs is 2. The summed E-state index contributed by atoms with van der Waals surface area (Å²) in [6.07, 6.45) is -0.680. The average Bonchev–Trinajstić information content (AvgIpc) is 2.44. The molecule has 1 aromatic carbocycles. The van der Waals surface area contributed by atoms with Crippen LogP contribution in [0, 0.1) is 18.3 Å². The minimum Gasteiger partial charge on any atom is -0.486 e. The molecule has 0 saturated heterocycles. The maximum absolute atomic E-state index is 10.5. The standard InChI is InChI=1S/C16H15BrN2O2/c1-8-4-9(7-18)19-12-5-11-13(6-10(8)12)21-16(2,3)15(17)14(11)20/h4-6,14-15,20H,1-3H3. The predicted octanol–water partition coefficient (Wildman–Crippen LogP) is 3.38. The van der Waals surface area contributed by atoms with Gasteiger partial charge in [-0.1, -0.05) is 15.9 Å². The Morgan fingerprint density at radius 1 is 1.38 bits per heavy atom. The largest absolute Gasteiger partial charge is 0.486 e. The van der Waals surface area contributed by atoms with E-state index in [4.69, 9.17) is 10.00 Å². The van der Waals surface area contributed by atoms with Crippen LogP contribution in [0.25, 0.3) is 10.9 Å². The molecule has 0 fully saturated rings. The molecule has 4 nitrogen and oxygen atoms in total. The topological polar surface area (TPSA) is 66.1 Å². The summed E-state index contributed by atoms with van der Waals surface area (Å²) < 4.78 is 6.02. The average molecular weight is 347 g/mol. The second-order valence-corrected chi connectivity index (χ2v) is 6.88. The number of nitriles is 1. The number of alkyl halides is 1. The molecule has 1 aliphatic heterocycles. The van der Waals surface area contributed by atoms with E-state index in [2.05, 4.69) is 27.0 Å². The highest BCUT2D eigenvalue weighted by Gasteiger charge is 2.41. The van der Waals surface area contributed by atoms with Gasteiger partial charge in [-0.15, -0.1) is 0 Å². The van der Waals surface area contributed by atoms with Gasteiger partial charge in [0.05, 0.1) is 16.4 Å². The molecule has 3 rings (SSSR count). The minimum absolute atomic E-state index is 0.213. The lowest BCUT2D eigenvalue weighted by molar-refractivity contribution is 0.0228. The lowest BCUT2D eigenvalue weighted by Gasteiger charge is -2.40. The van der Waals surface area contributed by atoms with E-state index in [-0.39, 0.29) is 4.83 Å². The third kappa shape index (κ3) is 2.19. The molecule has 2 heterocycles. The van der Waals surface area contributed by atoms with Crippen LogP contribution in [0.15, 0.2) is 18.2 Å². The molecule has 1 aromatic heterocycles. The van der Waals surface area contributed by atoms with Crippen LogP contribution in [0.1, 0.15) is 36.8 Å². The van der Waals surface area contributed by atoms with Crippen molar-refractivity contribution in [2.24, 2.45) is 0 Å². The Labute approximate surface area is 131 Å². The molecule has 5 heteroatoms. The van der Waals surface area contributed by atoms with Crippen LogP contribution in [0.2, 0.25) is 0 Å². The number of halogens is 1. The number of benzene rings is 1. The zero-order chi connectivity index (χ0) is 15.4. The number of hydrogen-bond acceptors (Lipinski definition) is 4. The fraction of sp³-hybridized carbons (Fsp3) is 0.375. The van der Waals surface area contributed by atoms with Crippen LogP contribution in [-0.4, -0.2) is 20.5 Å². The van der Waals surface area contributed by atoms with E-state index in [1.807, 2.05) is 32.9 Å². The van der Waals surface area contributed by atoms with Crippen LogP contribution in [-0.2, 0) is 0 Å². The quantitative estimate of drug-likeness (QED) is 0.742. The SMILES string of the molecule is Cc1cc(C#N)nc2cc3c(cc12)OC(C)(C)C(Br)C3O. The van der Waals surface area contributed by atoms with Crippen LogP contribution in [0.3, 0.4) is 0 Å². The van der Waals surface area contributed by atoms with Crippen molar-refractivity contribution in [3.05, 3.63) is 35.0 Å². The summed E-state index contributed by atoms with van der Waals surface area (Å²) in [4.78, 5) is 4.10. The molecule has 0 saturated carbocycles. The van der Waals surface area contributed by atoms with E-state index in [9.17, 15) is 5.11 Å². The molecular formula is C16H15BrN2O2. The van der Waals surface area contributed by atoms with E-state index in [0.717, 1.165) is 10.9 Å². The van der Waals surface area contributed by atoms with E-state index in [1.54, 1.807) is 6.07 Å². The molecule has 21 heavy (non-hydrogen) atoms. The molecular weight excluding hydrogens is 332 g/mol. The number of aliphatic hydroxyl groups is 1. The van der Waals surface area contributed by atoms with Gasteiger partial charge in [0, 0.05) is 10.9 Å². The highest BCUT2D eigenvalue weighted by molar-refractivity contribution is 9.09. The number of rotatable bonds is 0. The maximum Gasteiger partial charge on any atom is 0.141 e. The molecule has 1 aliphatic rings. The first-order valence-corrected chi connectivity index (χ1v) is 7.61. The Hall–Kier alpha value is -1.64. The van der Waals surface area contributed by atoms with Crippen LogP contribution >= 0.6 is 15.9 Å². The third-order valence-electron chi connectivity index (χ3n) is 3.89. The zero-order valence-electron chi connectivity index (χ0n) is 12.0. The predicted molar refractivity (Wildman–Crippen MR) is 83.6 cm³/mol. The molecule has 0 amide bonds. The number of nitrogens with zero attached hydrogens (tertiary/aromatic N) is 2. The van der Waals surface area contributed by atoms with Crippen molar-refractivity contribution in [3.8, 4) is 11.8 Å². The number of aliphatic hydroxyl groups excluding tert-OH is 1. The van der Waals surface area contributed by atoms with E-state index in [0.29, 0.717) is 22.5 Å². The molecule has 0 aliphatic carbocycles. The summed E-state index contributed by atoms with van der Waals surface area (Å²) in [5.74, 6) is 0.672. The van der Waals surface area contributed by atoms with Gasteiger partial charge in [-0.25, -0.2) is 4.98 Å². The summed E-state index contributed by atoms with van der Waals surface area (Å²) >= 11 is 3.50.